The van der Waals surface area contributed by atoms with Crippen molar-refractivity contribution in [3.8, 4) is 0 Å². The molecule has 5 nitrogen and oxygen atoms in total. The van der Waals surface area contributed by atoms with Crippen LogP contribution in [0, 0.1) is 0 Å². The fourth-order valence-corrected chi connectivity index (χ4v) is 5.42. The predicted octanol–water partition coefficient (Wildman–Crippen LogP) is 4.48. The number of alkyl halides is 3. The van der Waals surface area contributed by atoms with Gasteiger partial charge in [0.05, 0.1) is 6.61 Å². The zero-order chi connectivity index (χ0) is 21.0. The van der Waals surface area contributed by atoms with Gasteiger partial charge in [-0.3, -0.25) is 4.57 Å². The van der Waals surface area contributed by atoms with E-state index in [2.05, 4.69) is 24.7 Å². The Balaban J connectivity index is 2.42. The Labute approximate surface area is 164 Å². The SMILES string of the molecule is CCOP(=O)(c1ccccc1)c1cc(C(F)(F)F)nn1COCC[Si](C)(C)C. The van der Waals surface area contributed by atoms with Gasteiger partial charge in [-0.1, -0.05) is 37.8 Å². The molecule has 0 saturated carbocycles. The van der Waals surface area contributed by atoms with Crippen LogP contribution >= 0.6 is 7.37 Å². The summed E-state index contributed by atoms with van der Waals surface area (Å²) in [6.45, 7) is 8.43. The maximum Gasteiger partial charge on any atom is 0.435 e. The van der Waals surface area contributed by atoms with Crippen molar-refractivity contribution in [2.45, 2.75) is 45.5 Å². The standard InChI is InChI=1S/C18H26F3N2O3PSi/c1-5-26-27(24,15-9-7-6-8-10-15)17-13-16(18(19,20)21)22-23(17)14-25-11-12-28(2,3)4/h6-10,13H,5,11-12,14H2,1-4H3. The summed E-state index contributed by atoms with van der Waals surface area (Å²) in [5, 5.41) is 3.93. The zero-order valence-electron chi connectivity index (χ0n) is 16.5. The summed E-state index contributed by atoms with van der Waals surface area (Å²) < 4.78 is 65.5. The molecule has 156 valence electrons. The molecule has 0 fully saturated rings. The van der Waals surface area contributed by atoms with E-state index in [-0.39, 0.29) is 18.8 Å². The van der Waals surface area contributed by atoms with E-state index in [0.29, 0.717) is 11.9 Å². The van der Waals surface area contributed by atoms with Crippen LogP contribution in [-0.2, 0) is 26.7 Å². The van der Waals surface area contributed by atoms with Crippen molar-refractivity contribution in [1.29, 1.82) is 0 Å². The molecule has 28 heavy (non-hydrogen) atoms. The van der Waals surface area contributed by atoms with Gasteiger partial charge in [-0.15, -0.1) is 0 Å². The molecule has 0 saturated heterocycles. The highest BCUT2D eigenvalue weighted by Crippen LogP contribution is 2.45. The normalized spacial score (nSPS) is 14.8. The maximum atomic E-state index is 13.7. The molecule has 1 heterocycles. The highest BCUT2D eigenvalue weighted by molar-refractivity contribution is 7.74. The Hall–Kier alpha value is -1.41. The first kappa shape index (κ1) is 22.9. The first-order valence-corrected chi connectivity index (χ1v) is 14.3. The monoisotopic (exact) mass is 434 g/mol. The Kier molecular flexibility index (Phi) is 7.31. The first-order chi connectivity index (χ1) is 13.0. The second kappa shape index (κ2) is 8.94. The van der Waals surface area contributed by atoms with Gasteiger partial charge in [0, 0.05) is 26.1 Å². The van der Waals surface area contributed by atoms with Crippen molar-refractivity contribution < 1.29 is 27.0 Å². The van der Waals surface area contributed by atoms with Crippen molar-refractivity contribution in [2.24, 2.45) is 0 Å². The summed E-state index contributed by atoms with van der Waals surface area (Å²) in [5.74, 6) is 0. The molecule has 10 heteroatoms. The van der Waals surface area contributed by atoms with Gasteiger partial charge >= 0.3 is 6.18 Å². The van der Waals surface area contributed by atoms with Crippen LogP contribution in [0.5, 0.6) is 0 Å². The number of rotatable bonds is 9. The van der Waals surface area contributed by atoms with Gasteiger partial charge in [0.1, 0.15) is 12.2 Å². The van der Waals surface area contributed by atoms with Crippen LogP contribution in [0.25, 0.3) is 0 Å². The van der Waals surface area contributed by atoms with Crippen LogP contribution in [-0.4, -0.2) is 31.1 Å². The highest BCUT2D eigenvalue weighted by Gasteiger charge is 2.40. The van der Waals surface area contributed by atoms with Crippen LogP contribution in [0.2, 0.25) is 25.7 Å². The molecule has 0 aliphatic rings. The van der Waals surface area contributed by atoms with E-state index >= 15 is 0 Å². The van der Waals surface area contributed by atoms with E-state index in [1.165, 1.54) is 0 Å². The fraction of sp³-hybridized carbons (Fsp3) is 0.500. The van der Waals surface area contributed by atoms with E-state index in [4.69, 9.17) is 9.26 Å². The molecule has 0 spiro atoms. The Bertz CT molecular complexity index is 820. The predicted molar refractivity (Wildman–Crippen MR) is 106 cm³/mol. The molecular weight excluding hydrogens is 408 g/mol. The molecular formula is C18H26F3N2O3PSi. The lowest BCUT2D eigenvalue weighted by Gasteiger charge is -2.20. The quantitative estimate of drug-likeness (QED) is 0.332. The lowest BCUT2D eigenvalue weighted by atomic mass is 10.4. The number of halogens is 3. The van der Waals surface area contributed by atoms with E-state index in [1.807, 2.05) is 0 Å². The molecule has 0 bridgehead atoms. The maximum absolute atomic E-state index is 13.7. The third kappa shape index (κ3) is 5.79. The molecule has 0 aliphatic heterocycles. The zero-order valence-corrected chi connectivity index (χ0v) is 18.4. The minimum absolute atomic E-state index is 0.0786. The van der Waals surface area contributed by atoms with E-state index in [1.54, 1.807) is 37.3 Å². The molecule has 2 rings (SSSR count). The second-order valence-electron chi connectivity index (χ2n) is 7.54. The minimum Gasteiger partial charge on any atom is -0.360 e. The molecule has 0 radical (unpaired) electrons. The van der Waals surface area contributed by atoms with Gasteiger partial charge in [0.2, 0.25) is 0 Å². The second-order valence-corrected chi connectivity index (χ2v) is 15.5. The van der Waals surface area contributed by atoms with Gasteiger partial charge in [0.25, 0.3) is 7.37 Å². The Morgan fingerprint density at radius 2 is 1.82 bits per heavy atom. The molecule has 1 atom stereocenters. The summed E-state index contributed by atoms with van der Waals surface area (Å²) in [4.78, 5) is 0. The fourth-order valence-electron chi connectivity index (χ4n) is 2.49. The number of hydrogen-bond donors (Lipinski definition) is 0. The van der Waals surface area contributed by atoms with Crippen LogP contribution in [0.4, 0.5) is 13.2 Å². The number of benzene rings is 1. The summed E-state index contributed by atoms with van der Waals surface area (Å²) in [6, 6.07) is 9.87. The van der Waals surface area contributed by atoms with Gasteiger partial charge in [-0.2, -0.15) is 18.3 Å². The molecule has 0 amide bonds. The summed E-state index contributed by atoms with van der Waals surface area (Å²) in [5.41, 5.74) is -1.24. The minimum atomic E-state index is -4.66. The van der Waals surface area contributed by atoms with Crippen molar-refractivity contribution in [2.75, 3.05) is 13.2 Å². The molecule has 2 aromatic rings. The molecule has 1 aromatic carbocycles. The lowest BCUT2D eigenvalue weighted by molar-refractivity contribution is -0.141. The Morgan fingerprint density at radius 3 is 2.36 bits per heavy atom. The summed E-state index contributed by atoms with van der Waals surface area (Å²) in [6.07, 6.45) is -4.66. The van der Waals surface area contributed by atoms with Crippen molar-refractivity contribution in [1.82, 2.24) is 9.78 Å². The Morgan fingerprint density at radius 1 is 1.18 bits per heavy atom. The van der Waals surface area contributed by atoms with Gasteiger partial charge in [-0.05, 0) is 25.1 Å². The van der Waals surface area contributed by atoms with Crippen LogP contribution in [0.1, 0.15) is 12.6 Å². The smallest absolute Gasteiger partial charge is 0.360 e. The molecule has 0 aliphatic carbocycles. The van der Waals surface area contributed by atoms with E-state index < -0.39 is 27.3 Å². The third-order valence-corrected chi connectivity index (χ3v) is 8.23. The molecule has 1 unspecified atom stereocenters. The average Bonchev–Trinajstić information content (AvgIpc) is 3.04. The summed E-state index contributed by atoms with van der Waals surface area (Å²) >= 11 is 0. The summed E-state index contributed by atoms with van der Waals surface area (Å²) in [7, 11) is -5.11. The van der Waals surface area contributed by atoms with Gasteiger partial charge < -0.3 is 9.26 Å². The number of ether oxygens (including phenoxy) is 1. The van der Waals surface area contributed by atoms with Crippen LogP contribution in [0.3, 0.4) is 0 Å². The van der Waals surface area contributed by atoms with Crippen molar-refractivity contribution in [3.05, 3.63) is 42.1 Å². The largest absolute Gasteiger partial charge is 0.435 e. The molecule has 0 N–H and O–H groups in total. The highest BCUT2D eigenvalue weighted by atomic mass is 31.2. The van der Waals surface area contributed by atoms with Gasteiger partial charge in [0.15, 0.2) is 5.69 Å². The average molecular weight is 434 g/mol. The number of aromatic nitrogens is 2. The van der Waals surface area contributed by atoms with E-state index in [0.717, 1.165) is 16.8 Å². The number of hydrogen-bond acceptors (Lipinski definition) is 4. The van der Waals surface area contributed by atoms with Gasteiger partial charge in [-0.25, -0.2) is 4.68 Å². The van der Waals surface area contributed by atoms with Crippen molar-refractivity contribution >= 4 is 26.2 Å². The molecule has 1 aromatic heterocycles. The topological polar surface area (TPSA) is 53.3 Å². The first-order valence-electron chi connectivity index (χ1n) is 9.01. The van der Waals surface area contributed by atoms with Crippen molar-refractivity contribution in [3.63, 3.8) is 0 Å². The third-order valence-electron chi connectivity index (χ3n) is 3.97. The van der Waals surface area contributed by atoms with Crippen LogP contribution in [0.15, 0.2) is 36.4 Å². The lowest BCUT2D eigenvalue weighted by Crippen LogP contribution is -2.27. The number of nitrogens with zero attached hydrogens (tertiary/aromatic N) is 2. The van der Waals surface area contributed by atoms with E-state index in [9.17, 15) is 17.7 Å². The van der Waals surface area contributed by atoms with Crippen LogP contribution < -0.4 is 10.7 Å².